The van der Waals surface area contributed by atoms with Gasteiger partial charge in [0, 0.05) is 13.0 Å². The van der Waals surface area contributed by atoms with Crippen LogP contribution in [0.15, 0.2) is 0 Å². The van der Waals surface area contributed by atoms with Crippen LogP contribution in [0.4, 0.5) is 0 Å². The molecule has 0 aromatic heterocycles. The molecule has 0 saturated carbocycles. The first-order valence-corrected chi connectivity index (χ1v) is 5.71. The zero-order valence-electron chi connectivity index (χ0n) is 10.8. The first kappa shape index (κ1) is 15.4. The molecule has 0 aliphatic rings. The fraction of sp³-hybridized carbons (Fsp3) is 0.727. The molecule has 0 rings (SSSR count). The molecule has 2 atom stereocenters. The Labute approximate surface area is 102 Å². The summed E-state index contributed by atoms with van der Waals surface area (Å²) in [6, 6.07) is -0.604. The number of nitrogens with one attached hydrogen (secondary N) is 3. The highest BCUT2D eigenvalue weighted by Crippen LogP contribution is 1.98. The van der Waals surface area contributed by atoms with Crippen LogP contribution in [0, 0.1) is 5.92 Å². The average Bonchev–Trinajstić information content (AvgIpc) is 2.33. The van der Waals surface area contributed by atoms with E-state index in [0.29, 0.717) is 0 Å². The molecule has 6 heteroatoms. The summed E-state index contributed by atoms with van der Waals surface area (Å²) >= 11 is 0. The van der Waals surface area contributed by atoms with Crippen molar-refractivity contribution in [3.05, 3.63) is 0 Å². The SMILES string of the molecule is CCC(C)C(=O)NCC(=O)NC(C)C(=O)NC. The number of carbonyl (C=O) groups excluding carboxylic acids is 3. The van der Waals surface area contributed by atoms with Gasteiger partial charge in [-0.2, -0.15) is 0 Å². The van der Waals surface area contributed by atoms with Gasteiger partial charge in [-0.25, -0.2) is 0 Å². The minimum absolute atomic E-state index is 0.107. The number of likely N-dealkylation sites (N-methyl/N-ethyl adjacent to an activating group) is 1. The standard InChI is InChI=1S/C11H21N3O3/c1-5-7(2)10(16)13-6-9(15)14-8(3)11(17)12-4/h7-8H,5-6H2,1-4H3,(H,12,17)(H,13,16)(H,14,15). The Balaban J connectivity index is 3.96. The summed E-state index contributed by atoms with van der Waals surface area (Å²) in [5.74, 6) is -0.918. The molecule has 98 valence electrons. The van der Waals surface area contributed by atoms with Crippen LogP contribution in [0.25, 0.3) is 0 Å². The molecule has 0 spiro atoms. The van der Waals surface area contributed by atoms with E-state index in [1.165, 1.54) is 7.05 Å². The fourth-order valence-corrected chi connectivity index (χ4v) is 1.10. The van der Waals surface area contributed by atoms with Crippen molar-refractivity contribution in [2.45, 2.75) is 33.2 Å². The van der Waals surface area contributed by atoms with Crippen molar-refractivity contribution in [1.82, 2.24) is 16.0 Å². The van der Waals surface area contributed by atoms with Gasteiger partial charge in [-0.1, -0.05) is 13.8 Å². The normalized spacial score (nSPS) is 13.4. The maximum absolute atomic E-state index is 11.4. The predicted molar refractivity (Wildman–Crippen MR) is 64.1 cm³/mol. The van der Waals surface area contributed by atoms with Crippen LogP contribution in [0.1, 0.15) is 27.2 Å². The molecule has 0 aliphatic carbocycles. The third-order valence-corrected chi connectivity index (χ3v) is 2.50. The largest absolute Gasteiger partial charge is 0.357 e. The quantitative estimate of drug-likeness (QED) is 0.582. The number of hydrogen-bond donors (Lipinski definition) is 3. The lowest BCUT2D eigenvalue weighted by Gasteiger charge is -2.13. The van der Waals surface area contributed by atoms with Crippen molar-refractivity contribution >= 4 is 17.7 Å². The van der Waals surface area contributed by atoms with Gasteiger partial charge in [0.15, 0.2) is 0 Å². The van der Waals surface area contributed by atoms with Crippen LogP contribution >= 0.6 is 0 Å². The molecule has 2 unspecified atom stereocenters. The Bertz CT molecular complexity index is 292. The van der Waals surface area contributed by atoms with E-state index in [2.05, 4.69) is 16.0 Å². The van der Waals surface area contributed by atoms with E-state index in [4.69, 9.17) is 0 Å². The Morgan fingerprint density at radius 3 is 2.18 bits per heavy atom. The van der Waals surface area contributed by atoms with Crippen molar-refractivity contribution in [3.8, 4) is 0 Å². The highest BCUT2D eigenvalue weighted by molar-refractivity contribution is 5.90. The van der Waals surface area contributed by atoms with Crippen molar-refractivity contribution < 1.29 is 14.4 Å². The summed E-state index contributed by atoms with van der Waals surface area (Å²) in [6.07, 6.45) is 0.724. The number of carbonyl (C=O) groups is 3. The van der Waals surface area contributed by atoms with Gasteiger partial charge in [0.25, 0.3) is 0 Å². The maximum Gasteiger partial charge on any atom is 0.242 e. The van der Waals surface area contributed by atoms with Crippen LogP contribution in [0.2, 0.25) is 0 Å². The summed E-state index contributed by atoms with van der Waals surface area (Å²) in [5, 5.41) is 7.41. The van der Waals surface area contributed by atoms with E-state index < -0.39 is 6.04 Å². The van der Waals surface area contributed by atoms with E-state index in [-0.39, 0.29) is 30.2 Å². The van der Waals surface area contributed by atoms with Crippen molar-refractivity contribution in [3.63, 3.8) is 0 Å². The van der Waals surface area contributed by atoms with Crippen LogP contribution in [0.3, 0.4) is 0 Å². The lowest BCUT2D eigenvalue weighted by molar-refractivity contribution is -0.130. The van der Waals surface area contributed by atoms with Crippen LogP contribution in [-0.4, -0.2) is 37.4 Å². The third-order valence-electron chi connectivity index (χ3n) is 2.50. The maximum atomic E-state index is 11.4. The molecule has 6 nitrogen and oxygen atoms in total. The smallest absolute Gasteiger partial charge is 0.242 e. The molecule has 0 saturated heterocycles. The molecular weight excluding hydrogens is 222 g/mol. The number of amides is 3. The zero-order chi connectivity index (χ0) is 13.4. The first-order valence-electron chi connectivity index (χ1n) is 5.71. The van der Waals surface area contributed by atoms with Crippen LogP contribution in [-0.2, 0) is 14.4 Å². The monoisotopic (exact) mass is 243 g/mol. The van der Waals surface area contributed by atoms with E-state index >= 15 is 0 Å². The molecule has 0 aromatic carbocycles. The molecule has 17 heavy (non-hydrogen) atoms. The molecule has 3 amide bonds. The van der Waals surface area contributed by atoms with E-state index in [0.717, 1.165) is 6.42 Å². The third kappa shape index (κ3) is 5.89. The minimum atomic E-state index is -0.604. The summed E-state index contributed by atoms with van der Waals surface area (Å²) in [7, 11) is 1.50. The Kier molecular flexibility index (Phi) is 6.93. The molecule has 0 bridgehead atoms. The van der Waals surface area contributed by atoms with Crippen LogP contribution in [0.5, 0.6) is 0 Å². The summed E-state index contributed by atoms with van der Waals surface area (Å²) < 4.78 is 0. The van der Waals surface area contributed by atoms with E-state index in [1.807, 2.05) is 6.92 Å². The van der Waals surface area contributed by atoms with Gasteiger partial charge in [-0.05, 0) is 13.3 Å². The molecule has 0 aromatic rings. The molecule has 0 fully saturated rings. The van der Waals surface area contributed by atoms with E-state index in [9.17, 15) is 14.4 Å². The van der Waals surface area contributed by atoms with E-state index in [1.54, 1.807) is 13.8 Å². The Morgan fingerprint density at radius 1 is 1.12 bits per heavy atom. The van der Waals surface area contributed by atoms with Gasteiger partial charge in [-0.3, -0.25) is 14.4 Å². The van der Waals surface area contributed by atoms with Crippen molar-refractivity contribution in [2.75, 3.05) is 13.6 Å². The number of rotatable bonds is 6. The van der Waals surface area contributed by atoms with Crippen molar-refractivity contribution in [2.24, 2.45) is 5.92 Å². The average molecular weight is 243 g/mol. The lowest BCUT2D eigenvalue weighted by Crippen LogP contribution is -2.47. The Hall–Kier alpha value is -1.59. The van der Waals surface area contributed by atoms with Crippen molar-refractivity contribution in [1.29, 1.82) is 0 Å². The van der Waals surface area contributed by atoms with Gasteiger partial charge in [-0.15, -0.1) is 0 Å². The van der Waals surface area contributed by atoms with Gasteiger partial charge >= 0.3 is 0 Å². The summed E-state index contributed by atoms with van der Waals surface area (Å²) in [4.78, 5) is 33.9. The summed E-state index contributed by atoms with van der Waals surface area (Å²) in [6.45, 7) is 5.16. The zero-order valence-corrected chi connectivity index (χ0v) is 10.8. The Morgan fingerprint density at radius 2 is 1.71 bits per heavy atom. The van der Waals surface area contributed by atoms with Gasteiger partial charge in [0.2, 0.25) is 17.7 Å². The van der Waals surface area contributed by atoms with Gasteiger partial charge < -0.3 is 16.0 Å². The second-order valence-electron chi connectivity index (χ2n) is 3.93. The van der Waals surface area contributed by atoms with Gasteiger partial charge in [0.05, 0.1) is 6.54 Å². The molecule has 0 radical (unpaired) electrons. The topological polar surface area (TPSA) is 87.3 Å². The second kappa shape index (κ2) is 7.65. The first-order chi connectivity index (χ1) is 7.92. The van der Waals surface area contributed by atoms with Crippen LogP contribution < -0.4 is 16.0 Å². The lowest BCUT2D eigenvalue weighted by atomic mass is 10.1. The second-order valence-corrected chi connectivity index (χ2v) is 3.93. The summed E-state index contributed by atoms with van der Waals surface area (Å²) in [5.41, 5.74) is 0. The van der Waals surface area contributed by atoms with Gasteiger partial charge in [0.1, 0.15) is 6.04 Å². The molecule has 0 heterocycles. The number of hydrogen-bond acceptors (Lipinski definition) is 3. The minimum Gasteiger partial charge on any atom is -0.357 e. The molecular formula is C11H21N3O3. The fourth-order valence-electron chi connectivity index (χ4n) is 1.10. The molecule has 3 N–H and O–H groups in total. The highest BCUT2D eigenvalue weighted by Gasteiger charge is 2.15. The molecule has 0 aliphatic heterocycles. The highest BCUT2D eigenvalue weighted by atomic mass is 16.2. The predicted octanol–water partition coefficient (Wildman–Crippen LogP) is -0.601.